The van der Waals surface area contributed by atoms with Crippen molar-refractivity contribution >= 4 is 23.1 Å². The molecule has 96 valence electrons. The molecule has 6 heteroatoms. The zero-order chi connectivity index (χ0) is 13.1. The molecule has 0 atom stereocenters. The second kappa shape index (κ2) is 5.30. The van der Waals surface area contributed by atoms with Crippen LogP contribution in [0.25, 0.3) is 0 Å². The molecule has 0 bridgehead atoms. The Morgan fingerprint density at radius 1 is 1.56 bits per heavy atom. The third-order valence-corrected chi connectivity index (χ3v) is 3.31. The lowest BCUT2D eigenvalue weighted by molar-refractivity contribution is 0.102. The van der Waals surface area contributed by atoms with Crippen LogP contribution >= 0.6 is 11.3 Å². The Hall–Kier alpha value is -1.69. The first kappa shape index (κ1) is 12.8. The summed E-state index contributed by atoms with van der Waals surface area (Å²) in [5, 5.41) is 12.1. The van der Waals surface area contributed by atoms with Gasteiger partial charge in [-0.1, -0.05) is 13.8 Å². The van der Waals surface area contributed by atoms with Crippen molar-refractivity contribution < 1.29 is 4.79 Å². The van der Waals surface area contributed by atoms with Crippen LogP contribution in [0.3, 0.4) is 0 Å². The Balaban J connectivity index is 2.05. The molecule has 2 heterocycles. The molecule has 0 saturated carbocycles. The van der Waals surface area contributed by atoms with Crippen molar-refractivity contribution in [3.63, 3.8) is 0 Å². The highest BCUT2D eigenvalue weighted by Gasteiger charge is 2.13. The van der Waals surface area contributed by atoms with Crippen LogP contribution in [-0.4, -0.2) is 21.1 Å². The highest BCUT2D eigenvalue weighted by Crippen LogP contribution is 2.16. The van der Waals surface area contributed by atoms with Crippen molar-refractivity contribution in [2.75, 3.05) is 5.32 Å². The van der Waals surface area contributed by atoms with Crippen molar-refractivity contribution in [3.8, 4) is 0 Å². The zero-order valence-corrected chi connectivity index (χ0v) is 11.5. The molecule has 2 N–H and O–H groups in total. The van der Waals surface area contributed by atoms with Crippen LogP contribution in [0.1, 0.15) is 34.9 Å². The Morgan fingerprint density at radius 2 is 2.33 bits per heavy atom. The SMILES string of the molecule is Cc1cn[nH]c1NC(=O)c1csc(CC(C)C)n1. The third-order valence-electron chi connectivity index (χ3n) is 2.43. The van der Waals surface area contributed by atoms with Crippen molar-refractivity contribution in [1.29, 1.82) is 0 Å². The second-order valence-electron chi connectivity index (χ2n) is 4.61. The molecule has 0 spiro atoms. The topological polar surface area (TPSA) is 70.7 Å². The van der Waals surface area contributed by atoms with Crippen LogP contribution in [0, 0.1) is 12.8 Å². The Bertz CT molecular complexity index is 544. The van der Waals surface area contributed by atoms with Gasteiger partial charge in [0.05, 0.1) is 11.2 Å². The number of carbonyl (C=O) groups is 1. The lowest BCUT2D eigenvalue weighted by atomic mass is 10.1. The Labute approximate surface area is 110 Å². The number of amides is 1. The van der Waals surface area contributed by atoms with Gasteiger partial charge in [-0.25, -0.2) is 4.98 Å². The number of hydrogen-bond donors (Lipinski definition) is 2. The van der Waals surface area contributed by atoms with Gasteiger partial charge in [0.1, 0.15) is 11.5 Å². The summed E-state index contributed by atoms with van der Waals surface area (Å²) in [6, 6.07) is 0. The van der Waals surface area contributed by atoms with E-state index in [1.54, 1.807) is 11.6 Å². The van der Waals surface area contributed by atoms with Gasteiger partial charge in [0.15, 0.2) is 0 Å². The molecular formula is C12H16N4OS. The fourth-order valence-corrected chi connectivity index (χ4v) is 2.50. The molecule has 18 heavy (non-hydrogen) atoms. The fourth-order valence-electron chi connectivity index (χ4n) is 1.51. The van der Waals surface area contributed by atoms with E-state index in [-0.39, 0.29) is 5.91 Å². The standard InChI is InChI=1S/C12H16N4OS/c1-7(2)4-10-14-9(6-18-10)12(17)15-11-8(3)5-13-16-11/h5-7H,4H2,1-3H3,(H2,13,15,16,17). The van der Waals surface area contributed by atoms with Crippen molar-refractivity contribution in [1.82, 2.24) is 15.2 Å². The average Bonchev–Trinajstić information content (AvgIpc) is 2.88. The summed E-state index contributed by atoms with van der Waals surface area (Å²) >= 11 is 1.53. The number of aryl methyl sites for hydroxylation is 1. The first-order valence-corrected chi connectivity index (χ1v) is 6.70. The number of rotatable bonds is 4. The van der Waals surface area contributed by atoms with E-state index < -0.39 is 0 Å². The van der Waals surface area contributed by atoms with Crippen LogP contribution in [0.4, 0.5) is 5.82 Å². The summed E-state index contributed by atoms with van der Waals surface area (Å²) in [7, 11) is 0. The normalized spacial score (nSPS) is 10.9. The molecule has 0 radical (unpaired) electrons. The molecule has 5 nitrogen and oxygen atoms in total. The minimum Gasteiger partial charge on any atom is -0.305 e. The van der Waals surface area contributed by atoms with E-state index >= 15 is 0 Å². The van der Waals surface area contributed by atoms with E-state index in [0.717, 1.165) is 17.0 Å². The zero-order valence-electron chi connectivity index (χ0n) is 10.7. The van der Waals surface area contributed by atoms with E-state index in [0.29, 0.717) is 17.4 Å². The quantitative estimate of drug-likeness (QED) is 0.891. The number of anilines is 1. The van der Waals surface area contributed by atoms with E-state index in [1.165, 1.54) is 11.3 Å². The van der Waals surface area contributed by atoms with Gasteiger partial charge < -0.3 is 5.32 Å². The van der Waals surface area contributed by atoms with E-state index in [9.17, 15) is 4.79 Å². The average molecular weight is 264 g/mol. The number of carbonyl (C=O) groups excluding carboxylic acids is 1. The summed E-state index contributed by atoms with van der Waals surface area (Å²) in [4.78, 5) is 16.3. The maximum atomic E-state index is 11.9. The number of thiazole rings is 1. The molecular weight excluding hydrogens is 248 g/mol. The van der Waals surface area contributed by atoms with Gasteiger partial charge in [0.2, 0.25) is 0 Å². The van der Waals surface area contributed by atoms with Crippen LogP contribution in [0.15, 0.2) is 11.6 Å². The van der Waals surface area contributed by atoms with Crippen molar-refractivity contribution in [2.24, 2.45) is 5.92 Å². The van der Waals surface area contributed by atoms with Crippen molar-refractivity contribution in [2.45, 2.75) is 27.2 Å². The maximum absolute atomic E-state index is 11.9. The minimum absolute atomic E-state index is 0.200. The molecule has 0 saturated heterocycles. The smallest absolute Gasteiger partial charge is 0.276 e. The predicted octanol–water partition coefficient (Wildman–Crippen LogP) is 2.63. The summed E-state index contributed by atoms with van der Waals surface area (Å²) in [6.45, 7) is 6.15. The first-order chi connectivity index (χ1) is 8.56. The van der Waals surface area contributed by atoms with E-state index in [4.69, 9.17) is 0 Å². The lowest BCUT2D eigenvalue weighted by Crippen LogP contribution is -2.13. The Morgan fingerprint density at radius 3 is 2.94 bits per heavy atom. The highest BCUT2D eigenvalue weighted by atomic mass is 32.1. The van der Waals surface area contributed by atoms with Crippen LogP contribution < -0.4 is 5.32 Å². The molecule has 0 unspecified atom stereocenters. The molecule has 2 aromatic rings. The molecule has 0 fully saturated rings. The van der Waals surface area contributed by atoms with E-state index in [2.05, 4.69) is 34.3 Å². The molecule has 0 aliphatic carbocycles. The Kier molecular flexibility index (Phi) is 3.76. The van der Waals surface area contributed by atoms with Crippen LogP contribution in [0.5, 0.6) is 0 Å². The van der Waals surface area contributed by atoms with Gasteiger partial charge in [-0.05, 0) is 12.8 Å². The van der Waals surface area contributed by atoms with Crippen LogP contribution in [-0.2, 0) is 6.42 Å². The monoisotopic (exact) mass is 264 g/mol. The van der Waals surface area contributed by atoms with Crippen LogP contribution in [0.2, 0.25) is 0 Å². The molecule has 0 aliphatic heterocycles. The van der Waals surface area contributed by atoms with Gasteiger partial charge in [-0.2, -0.15) is 5.10 Å². The number of aromatic nitrogens is 3. The fraction of sp³-hybridized carbons (Fsp3) is 0.417. The number of hydrogen-bond acceptors (Lipinski definition) is 4. The van der Waals surface area contributed by atoms with Gasteiger partial charge in [0, 0.05) is 17.4 Å². The van der Waals surface area contributed by atoms with Gasteiger partial charge >= 0.3 is 0 Å². The summed E-state index contributed by atoms with van der Waals surface area (Å²) < 4.78 is 0. The van der Waals surface area contributed by atoms with E-state index in [1.807, 2.05) is 6.92 Å². The number of nitrogens with zero attached hydrogens (tertiary/aromatic N) is 2. The molecule has 0 aliphatic rings. The lowest BCUT2D eigenvalue weighted by Gasteiger charge is -2.01. The van der Waals surface area contributed by atoms with Crippen molar-refractivity contribution in [3.05, 3.63) is 27.8 Å². The second-order valence-corrected chi connectivity index (χ2v) is 5.55. The summed E-state index contributed by atoms with van der Waals surface area (Å²) in [6.07, 6.45) is 2.57. The number of H-pyrrole nitrogens is 1. The van der Waals surface area contributed by atoms with Gasteiger partial charge in [-0.3, -0.25) is 9.89 Å². The first-order valence-electron chi connectivity index (χ1n) is 5.82. The van der Waals surface area contributed by atoms with Gasteiger partial charge in [-0.15, -0.1) is 11.3 Å². The predicted molar refractivity (Wildman–Crippen MR) is 71.9 cm³/mol. The maximum Gasteiger partial charge on any atom is 0.276 e. The molecule has 1 amide bonds. The largest absolute Gasteiger partial charge is 0.305 e. The minimum atomic E-state index is -0.200. The summed E-state index contributed by atoms with van der Waals surface area (Å²) in [5.41, 5.74) is 1.37. The molecule has 2 rings (SSSR count). The molecule has 0 aromatic carbocycles. The third kappa shape index (κ3) is 2.95. The van der Waals surface area contributed by atoms with Gasteiger partial charge in [0.25, 0.3) is 5.91 Å². The summed E-state index contributed by atoms with van der Waals surface area (Å²) in [5.74, 6) is 0.967. The highest BCUT2D eigenvalue weighted by molar-refractivity contribution is 7.09. The number of nitrogens with one attached hydrogen (secondary N) is 2. The number of aromatic amines is 1. The molecule has 2 aromatic heterocycles.